The third-order valence-electron chi connectivity index (χ3n) is 2.77. The topological polar surface area (TPSA) is 21.3 Å². The van der Waals surface area contributed by atoms with Gasteiger partial charge in [0.2, 0.25) is 0 Å². The highest BCUT2D eigenvalue weighted by Gasteiger charge is 2.07. The van der Waals surface area contributed by atoms with Gasteiger partial charge in [0.15, 0.2) is 11.6 Å². The van der Waals surface area contributed by atoms with Crippen LogP contribution in [0, 0.1) is 5.82 Å². The molecule has 106 valence electrons. The standard InChI is InChI=1S/C15H14Br2FNO/c1-19-8-10-2-3-11(13(17)6-10)9-20-15-7-12(16)4-5-14(15)18/h2-7,19H,8-9H2,1H3. The lowest BCUT2D eigenvalue weighted by molar-refractivity contribution is 0.289. The maximum absolute atomic E-state index is 13.6. The molecule has 2 rings (SSSR count). The second-order valence-corrected chi connectivity index (χ2v) is 6.09. The van der Waals surface area contributed by atoms with Gasteiger partial charge >= 0.3 is 0 Å². The third-order valence-corrected chi connectivity index (χ3v) is 4.01. The fourth-order valence-corrected chi connectivity index (χ4v) is 2.65. The van der Waals surface area contributed by atoms with E-state index in [-0.39, 0.29) is 11.6 Å². The molecule has 0 heterocycles. The summed E-state index contributed by atoms with van der Waals surface area (Å²) in [6.45, 7) is 1.12. The highest BCUT2D eigenvalue weighted by atomic mass is 79.9. The van der Waals surface area contributed by atoms with Gasteiger partial charge in [0.1, 0.15) is 6.61 Å². The summed E-state index contributed by atoms with van der Waals surface area (Å²) in [7, 11) is 1.90. The van der Waals surface area contributed by atoms with E-state index in [1.54, 1.807) is 12.1 Å². The number of benzene rings is 2. The van der Waals surface area contributed by atoms with E-state index >= 15 is 0 Å². The van der Waals surface area contributed by atoms with E-state index in [2.05, 4.69) is 37.2 Å². The van der Waals surface area contributed by atoms with Crippen LogP contribution in [-0.2, 0) is 13.2 Å². The Kier molecular flexibility index (Phi) is 5.57. The van der Waals surface area contributed by atoms with Gasteiger partial charge in [-0.15, -0.1) is 0 Å². The van der Waals surface area contributed by atoms with Crippen molar-refractivity contribution in [1.29, 1.82) is 0 Å². The summed E-state index contributed by atoms with van der Waals surface area (Å²) in [6.07, 6.45) is 0. The van der Waals surface area contributed by atoms with E-state index in [0.29, 0.717) is 6.61 Å². The Morgan fingerprint density at radius 1 is 1.15 bits per heavy atom. The molecular weight excluding hydrogens is 389 g/mol. The number of ether oxygens (including phenoxy) is 1. The number of halogens is 3. The summed E-state index contributed by atoms with van der Waals surface area (Å²) >= 11 is 6.81. The minimum atomic E-state index is -0.365. The second kappa shape index (κ2) is 7.20. The van der Waals surface area contributed by atoms with Crippen LogP contribution in [0.1, 0.15) is 11.1 Å². The molecule has 20 heavy (non-hydrogen) atoms. The van der Waals surface area contributed by atoms with Crippen molar-refractivity contribution in [3.05, 3.63) is 62.3 Å². The van der Waals surface area contributed by atoms with Gasteiger partial charge in [0.25, 0.3) is 0 Å². The Hall–Kier alpha value is -0.910. The first-order valence-corrected chi connectivity index (χ1v) is 7.68. The Balaban J connectivity index is 2.09. The molecule has 0 aliphatic rings. The molecule has 0 atom stereocenters. The van der Waals surface area contributed by atoms with Crippen LogP contribution in [0.2, 0.25) is 0 Å². The van der Waals surface area contributed by atoms with E-state index in [1.165, 1.54) is 11.6 Å². The SMILES string of the molecule is CNCc1ccc(COc2cc(Br)ccc2F)c(Br)c1. The highest BCUT2D eigenvalue weighted by Crippen LogP contribution is 2.25. The summed E-state index contributed by atoms with van der Waals surface area (Å²) in [5.41, 5.74) is 2.15. The van der Waals surface area contributed by atoms with Gasteiger partial charge in [0, 0.05) is 21.1 Å². The molecule has 0 bridgehead atoms. The van der Waals surface area contributed by atoms with Crippen LogP contribution in [0.4, 0.5) is 4.39 Å². The van der Waals surface area contributed by atoms with Crippen LogP contribution < -0.4 is 10.1 Å². The molecule has 1 N–H and O–H groups in total. The van der Waals surface area contributed by atoms with E-state index in [9.17, 15) is 4.39 Å². The Labute approximate surface area is 134 Å². The van der Waals surface area contributed by atoms with Crippen LogP contribution in [0.25, 0.3) is 0 Å². The van der Waals surface area contributed by atoms with Crippen LogP contribution in [0.15, 0.2) is 45.3 Å². The van der Waals surface area contributed by atoms with Crippen molar-refractivity contribution in [2.45, 2.75) is 13.2 Å². The summed E-state index contributed by atoms with van der Waals surface area (Å²) in [5, 5.41) is 3.10. The van der Waals surface area contributed by atoms with Crippen molar-refractivity contribution in [1.82, 2.24) is 5.32 Å². The van der Waals surface area contributed by atoms with Crippen molar-refractivity contribution in [3.8, 4) is 5.75 Å². The minimum Gasteiger partial charge on any atom is -0.486 e. The van der Waals surface area contributed by atoms with Crippen LogP contribution in [0.3, 0.4) is 0 Å². The molecule has 0 amide bonds. The number of hydrogen-bond donors (Lipinski definition) is 1. The van der Waals surface area contributed by atoms with Gasteiger partial charge in [-0.05, 0) is 36.9 Å². The van der Waals surface area contributed by atoms with Crippen molar-refractivity contribution < 1.29 is 9.13 Å². The van der Waals surface area contributed by atoms with E-state index < -0.39 is 0 Å². The van der Waals surface area contributed by atoms with E-state index in [1.807, 2.05) is 25.2 Å². The third kappa shape index (κ3) is 4.04. The molecule has 0 saturated carbocycles. The molecule has 0 unspecified atom stereocenters. The van der Waals surface area contributed by atoms with Crippen LogP contribution in [-0.4, -0.2) is 7.05 Å². The van der Waals surface area contributed by atoms with Gasteiger partial charge in [-0.3, -0.25) is 0 Å². The van der Waals surface area contributed by atoms with Crippen molar-refractivity contribution >= 4 is 31.9 Å². The fourth-order valence-electron chi connectivity index (χ4n) is 1.77. The van der Waals surface area contributed by atoms with Crippen molar-refractivity contribution in [2.75, 3.05) is 7.05 Å². The fraction of sp³-hybridized carbons (Fsp3) is 0.200. The van der Waals surface area contributed by atoms with Crippen LogP contribution in [0.5, 0.6) is 5.75 Å². The zero-order valence-corrected chi connectivity index (χ0v) is 14.1. The Morgan fingerprint density at radius 3 is 2.65 bits per heavy atom. The zero-order chi connectivity index (χ0) is 14.5. The molecule has 0 aliphatic carbocycles. The minimum absolute atomic E-state index is 0.241. The van der Waals surface area contributed by atoms with Gasteiger partial charge in [-0.2, -0.15) is 0 Å². The summed E-state index contributed by atoms with van der Waals surface area (Å²) in [6, 6.07) is 10.7. The molecule has 0 aromatic heterocycles. The number of hydrogen-bond acceptors (Lipinski definition) is 2. The van der Waals surface area contributed by atoms with E-state index in [4.69, 9.17) is 4.74 Å². The first-order chi connectivity index (χ1) is 9.60. The average molecular weight is 403 g/mol. The molecule has 5 heteroatoms. The predicted molar refractivity (Wildman–Crippen MR) is 85.3 cm³/mol. The second-order valence-electron chi connectivity index (χ2n) is 4.32. The number of rotatable bonds is 5. The first kappa shape index (κ1) is 15.5. The first-order valence-electron chi connectivity index (χ1n) is 6.10. The summed E-state index contributed by atoms with van der Waals surface area (Å²) in [4.78, 5) is 0. The lowest BCUT2D eigenvalue weighted by Gasteiger charge is -2.10. The quantitative estimate of drug-likeness (QED) is 0.785. The molecule has 2 aromatic carbocycles. The van der Waals surface area contributed by atoms with Crippen LogP contribution >= 0.6 is 31.9 Å². The lowest BCUT2D eigenvalue weighted by Crippen LogP contribution is -2.05. The Morgan fingerprint density at radius 2 is 1.95 bits per heavy atom. The molecule has 0 fully saturated rings. The molecule has 0 saturated heterocycles. The smallest absolute Gasteiger partial charge is 0.165 e. The highest BCUT2D eigenvalue weighted by molar-refractivity contribution is 9.10. The largest absolute Gasteiger partial charge is 0.486 e. The van der Waals surface area contributed by atoms with Gasteiger partial charge < -0.3 is 10.1 Å². The van der Waals surface area contributed by atoms with Gasteiger partial charge in [-0.1, -0.05) is 44.0 Å². The summed E-state index contributed by atoms with van der Waals surface area (Å²) < 4.78 is 20.9. The average Bonchev–Trinajstić information content (AvgIpc) is 2.42. The molecular formula is C15H14Br2FNO. The predicted octanol–water partition coefficient (Wildman–Crippen LogP) is 4.65. The summed E-state index contributed by atoms with van der Waals surface area (Å²) in [5.74, 6) is -0.123. The molecule has 0 radical (unpaired) electrons. The van der Waals surface area contributed by atoms with Crippen molar-refractivity contribution in [2.24, 2.45) is 0 Å². The monoisotopic (exact) mass is 401 g/mol. The van der Waals surface area contributed by atoms with Gasteiger partial charge in [-0.25, -0.2) is 4.39 Å². The molecule has 2 nitrogen and oxygen atoms in total. The maximum atomic E-state index is 13.6. The number of nitrogens with one attached hydrogen (secondary N) is 1. The van der Waals surface area contributed by atoms with E-state index in [0.717, 1.165) is 21.1 Å². The molecule has 2 aromatic rings. The maximum Gasteiger partial charge on any atom is 0.165 e. The zero-order valence-electron chi connectivity index (χ0n) is 10.9. The Bertz CT molecular complexity index is 604. The molecule has 0 aliphatic heterocycles. The normalized spacial score (nSPS) is 10.6. The molecule has 0 spiro atoms. The lowest BCUT2D eigenvalue weighted by atomic mass is 10.1. The van der Waals surface area contributed by atoms with Crippen molar-refractivity contribution in [3.63, 3.8) is 0 Å². The van der Waals surface area contributed by atoms with Gasteiger partial charge in [0.05, 0.1) is 0 Å².